The molecule has 0 aromatic heterocycles. The molecule has 0 saturated carbocycles. The van der Waals surface area contributed by atoms with Crippen LogP contribution in [0.3, 0.4) is 0 Å². The third-order valence-corrected chi connectivity index (χ3v) is 3.48. The molecule has 0 amide bonds. The number of hydrogen-bond donors (Lipinski definition) is 0. The maximum Gasteiger partial charge on any atom is 0.0236 e. The minimum Gasteiger partial charge on any atom is -0.299 e. The van der Waals surface area contributed by atoms with E-state index in [9.17, 15) is 0 Å². The highest BCUT2D eigenvalue weighted by Crippen LogP contribution is 2.18. The fraction of sp³-hybridized carbons (Fsp3) is 0.647. The highest BCUT2D eigenvalue weighted by atomic mass is 15.1. The minimum atomic E-state index is 0.739. The molecule has 1 aromatic carbocycles. The van der Waals surface area contributed by atoms with Gasteiger partial charge in [0.1, 0.15) is 0 Å². The summed E-state index contributed by atoms with van der Waals surface area (Å²) in [6.45, 7) is 17.0. The standard InChI is InChI=1S/C17H29N/c1-7-8-18(11-13(2)3)12-17-10-14(4)9-15(5)16(17)6/h9-10,13H,7-8,11-12H2,1-6H3. The number of benzene rings is 1. The van der Waals surface area contributed by atoms with Gasteiger partial charge >= 0.3 is 0 Å². The summed E-state index contributed by atoms with van der Waals surface area (Å²) in [6.07, 6.45) is 1.23. The van der Waals surface area contributed by atoms with E-state index >= 15 is 0 Å². The lowest BCUT2D eigenvalue weighted by molar-refractivity contribution is 0.236. The summed E-state index contributed by atoms with van der Waals surface area (Å²) < 4.78 is 0. The predicted octanol–water partition coefficient (Wildman–Crippen LogP) is 4.48. The zero-order valence-corrected chi connectivity index (χ0v) is 13.0. The van der Waals surface area contributed by atoms with E-state index in [1.807, 2.05) is 0 Å². The normalized spacial score (nSPS) is 11.6. The summed E-state index contributed by atoms with van der Waals surface area (Å²) in [5.41, 5.74) is 5.77. The highest BCUT2D eigenvalue weighted by Gasteiger charge is 2.10. The molecule has 1 heteroatoms. The lowest BCUT2D eigenvalue weighted by atomic mass is 9.99. The van der Waals surface area contributed by atoms with E-state index in [2.05, 4.69) is 58.6 Å². The second-order valence-electron chi connectivity index (χ2n) is 5.99. The van der Waals surface area contributed by atoms with Crippen molar-refractivity contribution in [2.75, 3.05) is 13.1 Å². The van der Waals surface area contributed by atoms with Crippen molar-refractivity contribution in [3.63, 3.8) is 0 Å². The number of rotatable bonds is 6. The zero-order chi connectivity index (χ0) is 13.7. The Hall–Kier alpha value is -0.820. The van der Waals surface area contributed by atoms with Gasteiger partial charge in [0.25, 0.3) is 0 Å². The average Bonchev–Trinajstić information content (AvgIpc) is 2.24. The van der Waals surface area contributed by atoms with Crippen molar-refractivity contribution in [1.29, 1.82) is 0 Å². The van der Waals surface area contributed by atoms with Crippen LogP contribution < -0.4 is 0 Å². The van der Waals surface area contributed by atoms with Gasteiger partial charge in [-0.15, -0.1) is 0 Å². The fourth-order valence-electron chi connectivity index (χ4n) is 2.60. The summed E-state index contributed by atoms with van der Waals surface area (Å²) in [7, 11) is 0. The van der Waals surface area contributed by atoms with Gasteiger partial charge in [-0.2, -0.15) is 0 Å². The van der Waals surface area contributed by atoms with Crippen molar-refractivity contribution in [3.8, 4) is 0 Å². The summed E-state index contributed by atoms with van der Waals surface area (Å²) in [4.78, 5) is 2.59. The molecule has 0 aliphatic heterocycles. The van der Waals surface area contributed by atoms with Crippen LogP contribution in [0.5, 0.6) is 0 Å². The smallest absolute Gasteiger partial charge is 0.0236 e. The molecule has 1 nitrogen and oxygen atoms in total. The first-order valence-corrected chi connectivity index (χ1v) is 7.23. The van der Waals surface area contributed by atoms with Gasteiger partial charge in [0.05, 0.1) is 0 Å². The lowest BCUT2D eigenvalue weighted by Gasteiger charge is -2.25. The van der Waals surface area contributed by atoms with Crippen LogP contribution in [0.15, 0.2) is 12.1 Å². The van der Waals surface area contributed by atoms with Crippen molar-refractivity contribution < 1.29 is 0 Å². The lowest BCUT2D eigenvalue weighted by Crippen LogP contribution is -2.28. The van der Waals surface area contributed by atoms with Crippen LogP contribution in [0.1, 0.15) is 49.4 Å². The molecule has 0 aliphatic carbocycles. The Balaban J connectivity index is 2.86. The molecule has 0 saturated heterocycles. The van der Waals surface area contributed by atoms with Gasteiger partial charge in [-0.05, 0) is 56.3 Å². The third-order valence-electron chi connectivity index (χ3n) is 3.48. The molecule has 0 unspecified atom stereocenters. The maximum atomic E-state index is 2.59. The van der Waals surface area contributed by atoms with Crippen molar-refractivity contribution in [1.82, 2.24) is 4.90 Å². The summed E-state index contributed by atoms with van der Waals surface area (Å²) >= 11 is 0. The van der Waals surface area contributed by atoms with Crippen LogP contribution in [0.25, 0.3) is 0 Å². The molecular weight excluding hydrogens is 218 g/mol. The number of aryl methyl sites for hydroxylation is 2. The van der Waals surface area contributed by atoms with Crippen LogP contribution in [0, 0.1) is 26.7 Å². The van der Waals surface area contributed by atoms with Gasteiger partial charge in [-0.3, -0.25) is 4.90 Å². The third kappa shape index (κ3) is 4.45. The maximum absolute atomic E-state index is 2.59. The van der Waals surface area contributed by atoms with Gasteiger partial charge in [0.15, 0.2) is 0 Å². The first-order valence-electron chi connectivity index (χ1n) is 7.23. The van der Waals surface area contributed by atoms with E-state index in [1.54, 1.807) is 0 Å². The van der Waals surface area contributed by atoms with E-state index in [-0.39, 0.29) is 0 Å². The van der Waals surface area contributed by atoms with Crippen LogP contribution in [0.4, 0.5) is 0 Å². The van der Waals surface area contributed by atoms with Crippen molar-refractivity contribution in [2.24, 2.45) is 5.92 Å². The first kappa shape index (κ1) is 15.2. The molecule has 0 atom stereocenters. The second kappa shape index (κ2) is 6.94. The SMILES string of the molecule is CCCN(Cc1cc(C)cc(C)c1C)CC(C)C. The van der Waals surface area contributed by atoms with Gasteiger partial charge in [-0.25, -0.2) is 0 Å². The van der Waals surface area contributed by atoms with Crippen molar-refractivity contribution in [2.45, 2.75) is 54.5 Å². The molecule has 0 bridgehead atoms. The van der Waals surface area contributed by atoms with Crippen LogP contribution in [0.2, 0.25) is 0 Å². The van der Waals surface area contributed by atoms with E-state index in [0.717, 1.165) is 12.5 Å². The molecule has 1 aromatic rings. The summed E-state index contributed by atoms with van der Waals surface area (Å²) in [6, 6.07) is 4.64. The number of nitrogens with zero attached hydrogens (tertiary/aromatic N) is 1. The summed E-state index contributed by atoms with van der Waals surface area (Å²) in [5.74, 6) is 0.739. The quantitative estimate of drug-likeness (QED) is 0.716. The predicted molar refractivity (Wildman–Crippen MR) is 81.1 cm³/mol. The Morgan fingerprint density at radius 3 is 2.33 bits per heavy atom. The zero-order valence-electron chi connectivity index (χ0n) is 13.0. The van der Waals surface area contributed by atoms with Gasteiger partial charge < -0.3 is 0 Å². The Morgan fingerprint density at radius 2 is 1.78 bits per heavy atom. The topological polar surface area (TPSA) is 3.24 Å². The Bertz CT molecular complexity index is 379. The minimum absolute atomic E-state index is 0.739. The fourth-order valence-corrected chi connectivity index (χ4v) is 2.60. The highest BCUT2D eigenvalue weighted by molar-refractivity contribution is 5.37. The second-order valence-corrected chi connectivity index (χ2v) is 5.99. The average molecular weight is 247 g/mol. The molecule has 0 aliphatic rings. The monoisotopic (exact) mass is 247 g/mol. The first-order chi connectivity index (χ1) is 8.43. The molecule has 0 heterocycles. The van der Waals surface area contributed by atoms with Crippen molar-refractivity contribution in [3.05, 3.63) is 34.4 Å². The van der Waals surface area contributed by atoms with Gasteiger partial charge in [0.2, 0.25) is 0 Å². The van der Waals surface area contributed by atoms with Crippen LogP contribution in [-0.2, 0) is 6.54 Å². The van der Waals surface area contributed by atoms with Crippen LogP contribution >= 0.6 is 0 Å². The van der Waals surface area contributed by atoms with Gasteiger partial charge in [0, 0.05) is 13.1 Å². The van der Waals surface area contributed by atoms with E-state index < -0.39 is 0 Å². The molecule has 102 valence electrons. The molecule has 0 spiro atoms. The molecular formula is C17H29N. The van der Waals surface area contributed by atoms with Gasteiger partial charge in [-0.1, -0.05) is 38.5 Å². The Kier molecular flexibility index (Phi) is 5.87. The Morgan fingerprint density at radius 1 is 1.11 bits per heavy atom. The van der Waals surface area contributed by atoms with E-state index in [1.165, 1.54) is 41.8 Å². The van der Waals surface area contributed by atoms with Crippen LogP contribution in [-0.4, -0.2) is 18.0 Å². The largest absolute Gasteiger partial charge is 0.299 e. The molecule has 0 radical (unpaired) electrons. The summed E-state index contributed by atoms with van der Waals surface area (Å²) in [5, 5.41) is 0. The molecule has 1 rings (SSSR count). The van der Waals surface area contributed by atoms with E-state index in [0.29, 0.717) is 0 Å². The van der Waals surface area contributed by atoms with Crippen molar-refractivity contribution >= 4 is 0 Å². The Labute approximate surface area is 113 Å². The van der Waals surface area contributed by atoms with E-state index in [4.69, 9.17) is 0 Å². The molecule has 0 N–H and O–H groups in total. The molecule has 0 fully saturated rings. The number of hydrogen-bond acceptors (Lipinski definition) is 1. The molecule has 18 heavy (non-hydrogen) atoms.